The topological polar surface area (TPSA) is 50.4 Å². The SMILES string of the molecule is CCC(CC)(C(=O)NCC1(COC)CCNCC1)c1ccccc1.Cl. The van der Waals surface area contributed by atoms with Crippen molar-refractivity contribution in [3.8, 4) is 0 Å². The van der Waals surface area contributed by atoms with Gasteiger partial charge in [0, 0.05) is 19.1 Å². The third-order valence-corrected chi connectivity index (χ3v) is 5.71. The van der Waals surface area contributed by atoms with Crippen LogP contribution in [0.5, 0.6) is 0 Å². The Morgan fingerprint density at radius 3 is 2.32 bits per heavy atom. The molecule has 1 heterocycles. The lowest BCUT2D eigenvalue weighted by atomic mass is 9.74. The molecule has 0 unspecified atom stereocenters. The fourth-order valence-electron chi connectivity index (χ4n) is 3.94. The van der Waals surface area contributed by atoms with E-state index in [1.807, 2.05) is 18.2 Å². The summed E-state index contributed by atoms with van der Waals surface area (Å²) in [5.41, 5.74) is 0.723. The molecule has 1 aliphatic heterocycles. The number of carbonyl (C=O) groups is 1. The number of piperidine rings is 1. The highest BCUT2D eigenvalue weighted by atomic mass is 35.5. The lowest BCUT2D eigenvalue weighted by molar-refractivity contribution is -0.128. The van der Waals surface area contributed by atoms with Crippen LogP contribution in [0.3, 0.4) is 0 Å². The molecular weight excluding hydrogens is 336 g/mol. The summed E-state index contributed by atoms with van der Waals surface area (Å²) in [6, 6.07) is 10.2. The van der Waals surface area contributed by atoms with E-state index in [1.165, 1.54) is 0 Å². The molecule has 1 aromatic rings. The van der Waals surface area contributed by atoms with Gasteiger partial charge in [-0.25, -0.2) is 0 Å². The Bertz CT molecular complexity index is 506. The molecule has 142 valence electrons. The van der Waals surface area contributed by atoms with Crippen molar-refractivity contribution in [3.05, 3.63) is 35.9 Å². The maximum Gasteiger partial charge on any atom is 0.230 e. The van der Waals surface area contributed by atoms with E-state index in [0.29, 0.717) is 13.2 Å². The van der Waals surface area contributed by atoms with Gasteiger partial charge >= 0.3 is 0 Å². The zero-order valence-electron chi connectivity index (χ0n) is 15.8. The first-order chi connectivity index (χ1) is 11.6. The van der Waals surface area contributed by atoms with Crippen LogP contribution >= 0.6 is 12.4 Å². The fraction of sp³-hybridized carbons (Fsp3) is 0.650. The number of hydrogen-bond acceptors (Lipinski definition) is 3. The van der Waals surface area contributed by atoms with E-state index < -0.39 is 5.41 Å². The molecule has 1 aliphatic rings. The minimum absolute atomic E-state index is 0. The average Bonchev–Trinajstić information content (AvgIpc) is 2.63. The molecule has 5 heteroatoms. The van der Waals surface area contributed by atoms with Crippen molar-refractivity contribution in [2.24, 2.45) is 5.41 Å². The van der Waals surface area contributed by atoms with Gasteiger partial charge in [0.2, 0.25) is 5.91 Å². The maximum atomic E-state index is 13.1. The molecule has 1 amide bonds. The summed E-state index contributed by atoms with van der Waals surface area (Å²) in [6.07, 6.45) is 3.69. The second-order valence-electron chi connectivity index (χ2n) is 7.02. The zero-order valence-corrected chi connectivity index (χ0v) is 16.6. The van der Waals surface area contributed by atoms with E-state index in [0.717, 1.165) is 44.3 Å². The van der Waals surface area contributed by atoms with Crippen LogP contribution in [-0.2, 0) is 14.9 Å². The molecular formula is C20H33ClN2O2. The van der Waals surface area contributed by atoms with Crippen LogP contribution in [0.15, 0.2) is 30.3 Å². The van der Waals surface area contributed by atoms with Crippen molar-refractivity contribution >= 4 is 18.3 Å². The first-order valence-electron chi connectivity index (χ1n) is 9.16. The van der Waals surface area contributed by atoms with Crippen LogP contribution < -0.4 is 10.6 Å². The highest BCUT2D eigenvalue weighted by Gasteiger charge is 2.39. The highest BCUT2D eigenvalue weighted by molar-refractivity contribution is 5.88. The van der Waals surface area contributed by atoms with Crippen molar-refractivity contribution in [2.45, 2.75) is 44.9 Å². The van der Waals surface area contributed by atoms with Gasteiger partial charge in [0.15, 0.2) is 0 Å². The first kappa shape index (κ1) is 21.9. The predicted molar refractivity (Wildman–Crippen MR) is 105 cm³/mol. The minimum Gasteiger partial charge on any atom is -0.384 e. The Morgan fingerprint density at radius 2 is 1.80 bits per heavy atom. The van der Waals surface area contributed by atoms with Crippen LogP contribution in [0.1, 0.15) is 45.1 Å². The Hall–Kier alpha value is -1.10. The molecule has 1 aromatic carbocycles. The molecule has 1 fully saturated rings. The van der Waals surface area contributed by atoms with Gasteiger partial charge in [-0.3, -0.25) is 4.79 Å². The zero-order chi connectivity index (χ0) is 17.5. The van der Waals surface area contributed by atoms with Gasteiger partial charge in [-0.1, -0.05) is 44.2 Å². The number of nitrogens with one attached hydrogen (secondary N) is 2. The van der Waals surface area contributed by atoms with E-state index in [2.05, 4.69) is 36.6 Å². The van der Waals surface area contributed by atoms with E-state index in [9.17, 15) is 4.79 Å². The second kappa shape index (κ2) is 10.1. The largest absolute Gasteiger partial charge is 0.384 e. The number of benzene rings is 1. The molecule has 0 aliphatic carbocycles. The van der Waals surface area contributed by atoms with Gasteiger partial charge in [-0.15, -0.1) is 12.4 Å². The average molecular weight is 369 g/mol. The van der Waals surface area contributed by atoms with E-state index in [4.69, 9.17) is 4.74 Å². The lowest BCUT2D eigenvalue weighted by Crippen LogP contribution is -2.51. The number of methoxy groups -OCH3 is 1. The number of ether oxygens (including phenoxy) is 1. The first-order valence-corrected chi connectivity index (χ1v) is 9.16. The lowest BCUT2D eigenvalue weighted by Gasteiger charge is -2.39. The van der Waals surface area contributed by atoms with Crippen LogP contribution in [0, 0.1) is 5.41 Å². The van der Waals surface area contributed by atoms with E-state index in [-0.39, 0.29) is 23.7 Å². The van der Waals surface area contributed by atoms with Gasteiger partial charge in [-0.2, -0.15) is 0 Å². The summed E-state index contributed by atoms with van der Waals surface area (Å²) in [5.74, 6) is 0.146. The number of halogens is 1. The van der Waals surface area contributed by atoms with Crippen LogP contribution in [-0.4, -0.2) is 39.3 Å². The second-order valence-corrected chi connectivity index (χ2v) is 7.02. The number of amides is 1. The maximum absolute atomic E-state index is 13.1. The van der Waals surface area contributed by atoms with Crippen LogP contribution in [0.4, 0.5) is 0 Å². The molecule has 2 rings (SSSR count). The smallest absolute Gasteiger partial charge is 0.230 e. The minimum atomic E-state index is -0.442. The van der Waals surface area contributed by atoms with Crippen molar-refractivity contribution < 1.29 is 9.53 Å². The van der Waals surface area contributed by atoms with E-state index in [1.54, 1.807) is 7.11 Å². The van der Waals surface area contributed by atoms with Crippen molar-refractivity contribution in [1.82, 2.24) is 10.6 Å². The molecule has 0 aromatic heterocycles. The Kier molecular flexibility index (Phi) is 8.91. The molecule has 0 saturated carbocycles. The quantitative estimate of drug-likeness (QED) is 0.740. The molecule has 1 saturated heterocycles. The summed E-state index contributed by atoms with van der Waals surface area (Å²) in [5, 5.41) is 6.67. The highest BCUT2D eigenvalue weighted by Crippen LogP contribution is 2.33. The van der Waals surface area contributed by atoms with Crippen molar-refractivity contribution in [3.63, 3.8) is 0 Å². The van der Waals surface area contributed by atoms with Gasteiger partial charge in [-0.05, 0) is 44.3 Å². The Morgan fingerprint density at radius 1 is 1.20 bits per heavy atom. The Labute approximate surface area is 158 Å². The third kappa shape index (κ3) is 4.96. The summed E-state index contributed by atoms with van der Waals surface area (Å²) >= 11 is 0. The van der Waals surface area contributed by atoms with Crippen molar-refractivity contribution in [2.75, 3.05) is 33.4 Å². The standard InChI is InChI=1S/C20H32N2O2.ClH/c1-4-20(5-2,17-9-7-6-8-10-17)18(23)22-15-19(16-24-3)11-13-21-14-12-19;/h6-10,21H,4-5,11-16H2,1-3H3,(H,22,23);1H. The Balaban J connectivity index is 0.00000312. The molecule has 4 nitrogen and oxygen atoms in total. The number of hydrogen-bond donors (Lipinski definition) is 2. The summed E-state index contributed by atoms with van der Waals surface area (Å²) in [4.78, 5) is 13.1. The molecule has 0 radical (unpaired) electrons. The monoisotopic (exact) mass is 368 g/mol. The van der Waals surface area contributed by atoms with E-state index >= 15 is 0 Å². The van der Waals surface area contributed by atoms with Gasteiger partial charge in [0.05, 0.1) is 12.0 Å². The summed E-state index contributed by atoms with van der Waals surface area (Å²) in [7, 11) is 1.75. The molecule has 0 atom stereocenters. The van der Waals surface area contributed by atoms with Gasteiger partial charge in [0.25, 0.3) is 0 Å². The third-order valence-electron chi connectivity index (χ3n) is 5.71. The van der Waals surface area contributed by atoms with Gasteiger partial charge in [0.1, 0.15) is 0 Å². The van der Waals surface area contributed by atoms with Crippen molar-refractivity contribution in [1.29, 1.82) is 0 Å². The predicted octanol–water partition coefficient (Wildman–Crippen LogP) is 3.30. The normalized spacial score (nSPS) is 16.8. The van der Waals surface area contributed by atoms with Crippen LogP contribution in [0.2, 0.25) is 0 Å². The summed E-state index contributed by atoms with van der Waals surface area (Å²) < 4.78 is 5.46. The fourth-order valence-corrected chi connectivity index (χ4v) is 3.94. The molecule has 2 N–H and O–H groups in total. The van der Waals surface area contributed by atoms with Crippen LogP contribution in [0.25, 0.3) is 0 Å². The molecule has 25 heavy (non-hydrogen) atoms. The number of carbonyl (C=O) groups excluding carboxylic acids is 1. The number of rotatable bonds is 8. The summed E-state index contributed by atoms with van der Waals surface area (Å²) in [6.45, 7) is 7.58. The molecule has 0 spiro atoms. The van der Waals surface area contributed by atoms with Gasteiger partial charge < -0.3 is 15.4 Å². The molecule has 0 bridgehead atoms.